The summed E-state index contributed by atoms with van der Waals surface area (Å²) in [5.74, 6) is 0. The van der Waals surface area contributed by atoms with Gasteiger partial charge in [-0.3, -0.25) is 0 Å². The lowest BCUT2D eigenvalue weighted by Crippen LogP contribution is -2.36. The number of hydrogen-bond donors (Lipinski definition) is 0. The van der Waals surface area contributed by atoms with Gasteiger partial charge in [-0.25, -0.2) is 0 Å². The number of allylic oxidation sites excluding steroid dienone is 2. The van der Waals surface area contributed by atoms with Crippen LogP contribution in [0.3, 0.4) is 0 Å². The van der Waals surface area contributed by atoms with Crippen molar-refractivity contribution in [2.75, 3.05) is 11.4 Å². The highest BCUT2D eigenvalue weighted by Crippen LogP contribution is 2.46. The summed E-state index contributed by atoms with van der Waals surface area (Å²) >= 11 is 3.76. The van der Waals surface area contributed by atoms with E-state index < -0.39 is 0 Å². The lowest BCUT2D eigenvalue weighted by atomic mass is 10.1. The molecule has 1 aromatic heterocycles. The summed E-state index contributed by atoms with van der Waals surface area (Å²) in [4.78, 5) is 3.82. The first-order valence-electron chi connectivity index (χ1n) is 13.2. The highest BCUT2D eigenvalue weighted by molar-refractivity contribution is 8.03. The van der Waals surface area contributed by atoms with Crippen LogP contribution in [0.1, 0.15) is 23.1 Å². The number of thioether (sulfide) groups is 1. The van der Waals surface area contributed by atoms with Crippen LogP contribution in [0.4, 0.5) is 5.69 Å². The third kappa shape index (κ3) is 5.47. The molecule has 2 nitrogen and oxygen atoms in total. The van der Waals surface area contributed by atoms with E-state index in [1.54, 1.807) is 0 Å². The monoisotopic (exact) mass is 531 g/mol. The molecule has 0 unspecified atom stereocenters. The maximum Gasteiger partial charge on any atom is 0.263 e. The van der Waals surface area contributed by atoms with Gasteiger partial charge in [0.1, 0.15) is 4.70 Å². The number of aryl methyl sites for hydroxylation is 2. The molecule has 1 aliphatic heterocycles. The van der Waals surface area contributed by atoms with Gasteiger partial charge in [-0.15, -0.1) is 0 Å². The molecule has 6 rings (SSSR count). The number of hydrogen-bond acceptors (Lipinski definition) is 3. The van der Waals surface area contributed by atoms with Gasteiger partial charge in [0, 0.05) is 30.0 Å². The smallest absolute Gasteiger partial charge is 0.263 e. The van der Waals surface area contributed by atoms with E-state index in [1.165, 1.54) is 47.5 Å². The van der Waals surface area contributed by atoms with Crippen molar-refractivity contribution in [3.63, 3.8) is 0 Å². The van der Waals surface area contributed by atoms with Crippen molar-refractivity contribution in [2.24, 2.45) is 0 Å². The molecule has 0 amide bonds. The summed E-state index contributed by atoms with van der Waals surface area (Å²) in [6.07, 6.45) is 6.76. The van der Waals surface area contributed by atoms with E-state index in [0.717, 1.165) is 25.9 Å². The Kier molecular flexibility index (Phi) is 7.43. The highest BCUT2D eigenvalue weighted by Gasteiger charge is 2.25. The van der Waals surface area contributed by atoms with Crippen molar-refractivity contribution in [3.05, 3.63) is 142 Å². The number of para-hydroxylation sites is 2. The molecule has 0 spiro atoms. The summed E-state index contributed by atoms with van der Waals surface area (Å²) in [6.45, 7) is 4.16. The predicted octanol–water partition coefficient (Wildman–Crippen LogP) is 8.53. The van der Waals surface area contributed by atoms with Crippen molar-refractivity contribution in [1.29, 1.82) is 0 Å². The molecule has 5 aromatic rings. The van der Waals surface area contributed by atoms with Crippen LogP contribution in [0, 0.1) is 0 Å². The first-order chi connectivity index (χ1) is 18.7. The standard InChI is InChI=1S/C34H31N2S2/c1-26(24-33-35(22-20-27-12-4-2-5-13-27)29-16-8-10-18-31(29)37-33)25-34-36(23-21-28-14-6-3-7-15-28)30-17-9-11-19-32(30)38-34/h2-19,24-25H,20-23H2,1H3/q+1. The second-order valence-electron chi connectivity index (χ2n) is 9.62. The number of fused-ring (bicyclic) bond motifs is 2. The second-order valence-corrected chi connectivity index (χ2v) is 11.7. The number of anilines is 1. The first-order valence-corrected chi connectivity index (χ1v) is 14.8. The van der Waals surface area contributed by atoms with Gasteiger partial charge < -0.3 is 4.90 Å². The van der Waals surface area contributed by atoms with E-state index in [2.05, 4.69) is 138 Å². The minimum absolute atomic E-state index is 0.965. The maximum atomic E-state index is 2.48. The van der Waals surface area contributed by atoms with Gasteiger partial charge >= 0.3 is 0 Å². The number of rotatable bonds is 8. The number of benzene rings is 4. The molecular weight excluding hydrogens is 501 g/mol. The van der Waals surface area contributed by atoms with Gasteiger partial charge in [0.15, 0.2) is 6.54 Å². The molecule has 0 saturated carbocycles. The van der Waals surface area contributed by atoms with Gasteiger partial charge in [0.2, 0.25) is 5.52 Å². The number of nitrogens with zero attached hydrogens (tertiary/aromatic N) is 2. The second kappa shape index (κ2) is 11.4. The van der Waals surface area contributed by atoms with E-state index >= 15 is 0 Å². The molecule has 38 heavy (non-hydrogen) atoms. The summed E-state index contributed by atoms with van der Waals surface area (Å²) in [5, 5.41) is 2.60. The third-order valence-electron chi connectivity index (χ3n) is 6.91. The van der Waals surface area contributed by atoms with Crippen LogP contribution in [-0.2, 0) is 19.4 Å². The maximum absolute atomic E-state index is 2.48. The Balaban J connectivity index is 1.30. The van der Waals surface area contributed by atoms with Crippen LogP contribution in [-0.4, -0.2) is 6.54 Å². The van der Waals surface area contributed by atoms with Gasteiger partial charge in [0.25, 0.3) is 5.01 Å². The quantitative estimate of drug-likeness (QED) is 0.185. The summed E-state index contributed by atoms with van der Waals surface area (Å²) < 4.78 is 3.82. The van der Waals surface area contributed by atoms with Crippen LogP contribution in [0.15, 0.2) is 131 Å². The van der Waals surface area contributed by atoms with Crippen molar-refractivity contribution >= 4 is 45.1 Å². The van der Waals surface area contributed by atoms with Gasteiger partial charge in [-0.05, 0) is 54.3 Å². The van der Waals surface area contributed by atoms with Gasteiger partial charge in [-0.1, -0.05) is 108 Å². The fourth-order valence-electron chi connectivity index (χ4n) is 4.98. The van der Waals surface area contributed by atoms with E-state index in [0.29, 0.717) is 0 Å². The van der Waals surface area contributed by atoms with E-state index in [1.807, 2.05) is 23.1 Å². The van der Waals surface area contributed by atoms with Crippen LogP contribution in [0.2, 0.25) is 0 Å². The Morgan fingerprint density at radius 2 is 1.42 bits per heavy atom. The average Bonchev–Trinajstić information content (AvgIpc) is 3.48. The average molecular weight is 532 g/mol. The zero-order valence-corrected chi connectivity index (χ0v) is 23.2. The third-order valence-corrected chi connectivity index (χ3v) is 9.13. The lowest BCUT2D eigenvalue weighted by molar-refractivity contribution is -0.668. The zero-order valence-electron chi connectivity index (χ0n) is 21.6. The summed E-state index contributed by atoms with van der Waals surface area (Å²) in [6, 6.07) is 39.1. The molecule has 188 valence electrons. The highest BCUT2D eigenvalue weighted by atomic mass is 32.2. The van der Waals surface area contributed by atoms with Crippen LogP contribution < -0.4 is 9.47 Å². The molecule has 0 bridgehead atoms. The van der Waals surface area contributed by atoms with E-state index in [9.17, 15) is 0 Å². The zero-order chi connectivity index (χ0) is 25.7. The van der Waals surface area contributed by atoms with Crippen molar-refractivity contribution in [2.45, 2.75) is 31.2 Å². The normalized spacial score (nSPS) is 14.4. The van der Waals surface area contributed by atoms with E-state index in [-0.39, 0.29) is 0 Å². The van der Waals surface area contributed by atoms with Crippen LogP contribution in [0.5, 0.6) is 0 Å². The molecule has 0 fully saturated rings. The topological polar surface area (TPSA) is 7.12 Å². The van der Waals surface area contributed by atoms with Crippen LogP contribution in [0.25, 0.3) is 16.3 Å². The van der Waals surface area contributed by atoms with E-state index in [4.69, 9.17) is 0 Å². The van der Waals surface area contributed by atoms with Crippen LogP contribution >= 0.6 is 23.1 Å². The van der Waals surface area contributed by atoms with Crippen molar-refractivity contribution in [1.82, 2.24) is 0 Å². The lowest BCUT2D eigenvalue weighted by Gasteiger charge is -2.20. The molecule has 0 N–H and O–H groups in total. The molecule has 4 aromatic carbocycles. The number of aromatic nitrogens is 1. The predicted molar refractivity (Wildman–Crippen MR) is 164 cm³/mol. The molecule has 1 aliphatic rings. The summed E-state index contributed by atoms with van der Waals surface area (Å²) in [7, 11) is 0. The molecule has 4 heteroatoms. The largest absolute Gasteiger partial charge is 0.335 e. The fourth-order valence-corrected chi connectivity index (χ4v) is 7.38. The Labute approximate surface area is 233 Å². The van der Waals surface area contributed by atoms with Crippen molar-refractivity contribution < 1.29 is 4.57 Å². The van der Waals surface area contributed by atoms with Crippen molar-refractivity contribution in [3.8, 4) is 0 Å². The molecular formula is C34H31N2S2+. The minimum Gasteiger partial charge on any atom is -0.335 e. The Morgan fingerprint density at radius 3 is 2.21 bits per heavy atom. The molecule has 2 heterocycles. The number of thiazole rings is 1. The molecule has 0 aliphatic carbocycles. The Bertz CT molecular complexity index is 1600. The minimum atomic E-state index is 0.965. The fraction of sp³-hybridized carbons (Fsp3) is 0.147. The summed E-state index contributed by atoms with van der Waals surface area (Å²) in [5.41, 5.74) is 6.64. The molecule has 0 atom stereocenters. The first kappa shape index (κ1) is 24.7. The van der Waals surface area contributed by atoms with Gasteiger partial charge in [0.05, 0.1) is 10.7 Å². The molecule has 0 radical (unpaired) electrons. The van der Waals surface area contributed by atoms with Gasteiger partial charge in [-0.2, -0.15) is 4.57 Å². The SMILES string of the molecule is CC(=C\c1sc2ccccc2[n+]1CCc1ccccc1)/C=C1/Sc2ccccc2N1CCc1ccccc1. The molecule has 0 saturated heterocycles. The Hall–Kier alpha value is -3.60. The Morgan fingerprint density at radius 1 is 0.763 bits per heavy atom.